The number of hydrogen-bond donors (Lipinski definition) is 2. The molecule has 0 saturated carbocycles. The number of anilines is 1. The number of benzene rings is 1. The van der Waals surface area contributed by atoms with E-state index in [1.54, 1.807) is 24.3 Å². The molecule has 2 atom stereocenters. The topological polar surface area (TPSA) is 67.4 Å². The molecule has 0 aliphatic heterocycles. The summed E-state index contributed by atoms with van der Waals surface area (Å²) in [7, 11) is 0. The lowest BCUT2D eigenvalue weighted by Crippen LogP contribution is -2.38. The van der Waals surface area contributed by atoms with Crippen molar-refractivity contribution in [3.05, 3.63) is 24.3 Å². The van der Waals surface area contributed by atoms with Gasteiger partial charge in [-0.1, -0.05) is 13.0 Å². The average molecular weight is 299 g/mol. The molecule has 0 radical (unpaired) electrons. The third kappa shape index (κ3) is 5.48. The van der Waals surface area contributed by atoms with E-state index in [1.165, 1.54) is 6.92 Å². The Morgan fingerprint density at radius 1 is 1.35 bits per heavy atom. The van der Waals surface area contributed by atoms with Gasteiger partial charge in [-0.05, 0) is 32.4 Å². The molecule has 0 heterocycles. The highest BCUT2D eigenvalue weighted by molar-refractivity contribution is 6.31. The normalized spacial score (nSPS) is 13.2. The Hall–Kier alpha value is -1.75. The van der Waals surface area contributed by atoms with Gasteiger partial charge in [-0.15, -0.1) is 11.6 Å². The van der Waals surface area contributed by atoms with Crippen molar-refractivity contribution in [3.63, 3.8) is 0 Å². The van der Waals surface area contributed by atoms with Crippen molar-refractivity contribution in [3.8, 4) is 5.75 Å². The summed E-state index contributed by atoms with van der Waals surface area (Å²) in [6.07, 6.45) is 0.984. The van der Waals surface area contributed by atoms with Crippen LogP contribution in [0, 0.1) is 0 Å². The molecule has 20 heavy (non-hydrogen) atoms. The van der Waals surface area contributed by atoms with Crippen LogP contribution in [0.5, 0.6) is 5.75 Å². The lowest BCUT2D eigenvalue weighted by Gasteiger charge is -2.14. The molecule has 2 N–H and O–H groups in total. The Labute approximate surface area is 123 Å². The van der Waals surface area contributed by atoms with Crippen molar-refractivity contribution in [2.45, 2.75) is 38.7 Å². The summed E-state index contributed by atoms with van der Waals surface area (Å²) in [5.74, 6) is 0.116. The molecule has 0 aliphatic rings. The number of alkyl halides is 1. The van der Waals surface area contributed by atoms with Crippen molar-refractivity contribution in [2.24, 2.45) is 0 Å². The number of imide groups is 1. The number of ether oxygens (including phenoxy) is 1. The van der Waals surface area contributed by atoms with Crippen LogP contribution in [0.2, 0.25) is 0 Å². The molecule has 0 saturated heterocycles. The smallest absolute Gasteiger partial charge is 0.325 e. The van der Waals surface area contributed by atoms with Gasteiger partial charge >= 0.3 is 6.03 Å². The fourth-order valence-corrected chi connectivity index (χ4v) is 1.39. The van der Waals surface area contributed by atoms with Gasteiger partial charge in [0.05, 0.1) is 6.10 Å². The van der Waals surface area contributed by atoms with Crippen LogP contribution >= 0.6 is 11.6 Å². The highest BCUT2D eigenvalue weighted by atomic mass is 35.5. The molecule has 1 aromatic rings. The SMILES string of the molecule is CCC(C)Oc1cccc(NC(=O)NC(=O)C(C)Cl)c1. The first-order valence-electron chi connectivity index (χ1n) is 6.45. The minimum Gasteiger partial charge on any atom is -0.491 e. The van der Waals surface area contributed by atoms with Crippen molar-refractivity contribution < 1.29 is 14.3 Å². The first kappa shape index (κ1) is 16.3. The molecule has 0 aliphatic carbocycles. The monoisotopic (exact) mass is 298 g/mol. The number of hydrogen-bond acceptors (Lipinski definition) is 3. The zero-order chi connectivity index (χ0) is 15.1. The van der Waals surface area contributed by atoms with Gasteiger partial charge in [-0.3, -0.25) is 10.1 Å². The first-order valence-corrected chi connectivity index (χ1v) is 6.88. The summed E-state index contributed by atoms with van der Waals surface area (Å²) in [6, 6.07) is 6.35. The lowest BCUT2D eigenvalue weighted by atomic mass is 10.3. The number of halogens is 1. The molecular formula is C14H19ClN2O3. The number of nitrogens with one attached hydrogen (secondary N) is 2. The third-order valence-electron chi connectivity index (χ3n) is 2.60. The molecule has 1 rings (SSSR count). The lowest BCUT2D eigenvalue weighted by molar-refractivity contribution is -0.119. The second-order valence-corrected chi connectivity index (χ2v) is 5.08. The fourth-order valence-electron chi connectivity index (χ4n) is 1.34. The minimum absolute atomic E-state index is 0.0951. The zero-order valence-electron chi connectivity index (χ0n) is 11.8. The highest BCUT2D eigenvalue weighted by Gasteiger charge is 2.13. The minimum atomic E-state index is -0.763. The number of carbonyl (C=O) groups is 2. The van der Waals surface area contributed by atoms with Crippen LogP contribution in [-0.4, -0.2) is 23.4 Å². The Kier molecular flexibility index (Phi) is 6.31. The van der Waals surface area contributed by atoms with Crippen molar-refractivity contribution >= 4 is 29.2 Å². The summed E-state index contributed by atoms with van der Waals surface area (Å²) >= 11 is 5.56. The molecule has 5 nitrogen and oxygen atoms in total. The van der Waals surface area contributed by atoms with Crippen LogP contribution in [0.25, 0.3) is 0 Å². The Morgan fingerprint density at radius 2 is 2.05 bits per heavy atom. The molecular weight excluding hydrogens is 280 g/mol. The highest BCUT2D eigenvalue weighted by Crippen LogP contribution is 2.19. The number of carbonyl (C=O) groups excluding carboxylic acids is 2. The zero-order valence-corrected chi connectivity index (χ0v) is 12.5. The van der Waals surface area contributed by atoms with Gasteiger partial charge in [0, 0.05) is 11.8 Å². The van der Waals surface area contributed by atoms with Gasteiger partial charge in [0.25, 0.3) is 0 Å². The van der Waals surface area contributed by atoms with Crippen LogP contribution in [0.1, 0.15) is 27.2 Å². The molecule has 0 fully saturated rings. The molecule has 0 aromatic heterocycles. The maximum atomic E-state index is 11.6. The summed E-state index contributed by atoms with van der Waals surface area (Å²) < 4.78 is 5.65. The van der Waals surface area contributed by atoms with E-state index in [0.717, 1.165) is 6.42 Å². The predicted octanol–water partition coefficient (Wildman–Crippen LogP) is 3.14. The maximum Gasteiger partial charge on any atom is 0.325 e. The van der Waals surface area contributed by atoms with E-state index in [9.17, 15) is 9.59 Å². The number of amides is 3. The number of rotatable bonds is 5. The van der Waals surface area contributed by atoms with Crippen molar-refractivity contribution in [1.29, 1.82) is 0 Å². The Balaban J connectivity index is 2.62. The van der Waals surface area contributed by atoms with Crippen LogP contribution < -0.4 is 15.4 Å². The quantitative estimate of drug-likeness (QED) is 0.821. The van der Waals surface area contributed by atoms with E-state index in [2.05, 4.69) is 10.6 Å². The molecule has 3 amide bonds. The molecule has 2 unspecified atom stereocenters. The fraction of sp³-hybridized carbons (Fsp3) is 0.429. The van der Waals surface area contributed by atoms with E-state index >= 15 is 0 Å². The second kappa shape index (κ2) is 7.75. The number of urea groups is 1. The summed E-state index contributed by atoms with van der Waals surface area (Å²) in [4.78, 5) is 22.8. The molecule has 6 heteroatoms. The average Bonchev–Trinajstić information content (AvgIpc) is 2.38. The van der Waals surface area contributed by atoms with E-state index in [4.69, 9.17) is 16.3 Å². The molecule has 1 aromatic carbocycles. The van der Waals surface area contributed by atoms with Crippen LogP contribution in [0.15, 0.2) is 24.3 Å². The van der Waals surface area contributed by atoms with Crippen LogP contribution in [-0.2, 0) is 4.79 Å². The van der Waals surface area contributed by atoms with E-state index in [1.807, 2.05) is 13.8 Å². The van der Waals surface area contributed by atoms with Gasteiger partial charge in [-0.25, -0.2) is 4.79 Å². The molecule has 0 spiro atoms. The van der Waals surface area contributed by atoms with Gasteiger partial charge in [-0.2, -0.15) is 0 Å². The third-order valence-corrected chi connectivity index (χ3v) is 2.80. The Morgan fingerprint density at radius 3 is 2.65 bits per heavy atom. The van der Waals surface area contributed by atoms with Gasteiger partial charge in [0.15, 0.2) is 0 Å². The van der Waals surface area contributed by atoms with E-state index < -0.39 is 17.3 Å². The summed E-state index contributed by atoms with van der Waals surface area (Å²) in [5.41, 5.74) is 0.540. The van der Waals surface area contributed by atoms with Crippen molar-refractivity contribution in [2.75, 3.05) is 5.32 Å². The summed E-state index contributed by atoms with van der Waals surface area (Å²) in [6.45, 7) is 5.48. The largest absolute Gasteiger partial charge is 0.491 e. The first-order chi connectivity index (χ1) is 9.42. The van der Waals surface area contributed by atoms with E-state index in [-0.39, 0.29) is 6.10 Å². The van der Waals surface area contributed by atoms with Gasteiger partial charge in [0.1, 0.15) is 11.1 Å². The predicted molar refractivity (Wildman–Crippen MR) is 79.3 cm³/mol. The van der Waals surface area contributed by atoms with Gasteiger partial charge in [0.2, 0.25) is 5.91 Å². The van der Waals surface area contributed by atoms with Crippen LogP contribution in [0.4, 0.5) is 10.5 Å². The van der Waals surface area contributed by atoms with Crippen LogP contribution in [0.3, 0.4) is 0 Å². The second-order valence-electron chi connectivity index (χ2n) is 4.42. The maximum absolute atomic E-state index is 11.6. The molecule has 0 bridgehead atoms. The standard InChI is InChI=1S/C14H19ClN2O3/c1-4-9(2)20-12-7-5-6-11(8-12)16-14(19)17-13(18)10(3)15/h5-10H,4H2,1-3H3,(H2,16,17,18,19). The van der Waals surface area contributed by atoms with Gasteiger partial charge < -0.3 is 10.1 Å². The summed E-state index contributed by atoms with van der Waals surface area (Å²) in [5, 5.41) is 3.92. The van der Waals surface area contributed by atoms with Crippen molar-refractivity contribution in [1.82, 2.24) is 5.32 Å². The molecule has 110 valence electrons. The Bertz CT molecular complexity index is 477. The van der Waals surface area contributed by atoms with E-state index in [0.29, 0.717) is 11.4 Å².